The summed E-state index contributed by atoms with van der Waals surface area (Å²) >= 11 is 1.39. The molecule has 0 spiro atoms. The summed E-state index contributed by atoms with van der Waals surface area (Å²) in [7, 11) is 0. The van der Waals surface area contributed by atoms with Crippen LogP contribution in [-0.4, -0.2) is 29.9 Å². The van der Waals surface area contributed by atoms with Crippen molar-refractivity contribution < 1.29 is 14.3 Å². The SMILES string of the molecule is Cc1cc(C)c(-c2csc(NC(=O)COc3cccc(N4CCCC4=O)c3)n2)c(C)c1. The van der Waals surface area contributed by atoms with E-state index in [1.165, 1.54) is 28.0 Å². The molecule has 2 aromatic carbocycles. The molecule has 1 fully saturated rings. The molecule has 1 aliphatic heterocycles. The maximum absolute atomic E-state index is 12.4. The first-order valence-corrected chi connectivity index (χ1v) is 11.2. The Morgan fingerprint density at radius 3 is 2.68 bits per heavy atom. The summed E-state index contributed by atoms with van der Waals surface area (Å²) in [5.74, 6) is 0.396. The first-order valence-electron chi connectivity index (χ1n) is 10.3. The third-order valence-electron chi connectivity index (χ3n) is 5.26. The zero-order valence-electron chi connectivity index (χ0n) is 17.9. The van der Waals surface area contributed by atoms with Crippen molar-refractivity contribution in [3.05, 3.63) is 58.5 Å². The summed E-state index contributed by atoms with van der Waals surface area (Å²) in [6, 6.07) is 11.5. The number of benzene rings is 2. The molecule has 6 nitrogen and oxygen atoms in total. The zero-order valence-corrected chi connectivity index (χ0v) is 18.7. The van der Waals surface area contributed by atoms with E-state index in [9.17, 15) is 9.59 Å². The standard InChI is InChI=1S/C24H25N3O3S/c1-15-10-16(2)23(17(3)11-15)20-14-31-24(25-20)26-21(28)13-30-19-7-4-6-18(12-19)27-9-5-8-22(27)29/h4,6-7,10-12,14H,5,8-9,13H2,1-3H3,(H,25,26,28). The minimum absolute atomic E-state index is 0.119. The molecule has 1 aliphatic rings. The number of anilines is 2. The highest BCUT2D eigenvalue weighted by Gasteiger charge is 2.22. The largest absolute Gasteiger partial charge is 0.484 e. The van der Waals surface area contributed by atoms with Crippen LogP contribution in [0.15, 0.2) is 41.8 Å². The van der Waals surface area contributed by atoms with E-state index < -0.39 is 0 Å². The van der Waals surface area contributed by atoms with E-state index in [4.69, 9.17) is 4.74 Å². The summed E-state index contributed by atoms with van der Waals surface area (Å²) in [4.78, 5) is 30.6. The monoisotopic (exact) mass is 435 g/mol. The second kappa shape index (κ2) is 8.89. The van der Waals surface area contributed by atoms with Crippen molar-refractivity contribution in [2.75, 3.05) is 23.4 Å². The summed E-state index contributed by atoms with van der Waals surface area (Å²) in [5.41, 5.74) is 6.32. The molecule has 0 radical (unpaired) electrons. The lowest BCUT2D eigenvalue weighted by molar-refractivity contribution is -0.118. The lowest BCUT2D eigenvalue weighted by atomic mass is 9.98. The summed E-state index contributed by atoms with van der Waals surface area (Å²) in [6.07, 6.45) is 1.44. The second-order valence-electron chi connectivity index (χ2n) is 7.79. The predicted octanol–water partition coefficient (Wildman–Crippen LogP) is 4.88. The van der Waals surface area contributed by atoms with Gasteiger partial charge in [0.05, 0.1) is 5.69 Å². The number of nitrogens with one attached hydrogen (secondary N) is 1. The molecule has 160 valence electrons. The Morgan fingerprint density at radius 1 is 1.19 bits per heavy atom. The van der Waals surface area contributed by atoms with Crippen molar-refractivity contribution in [3.8, 4) is 17.0 Å². The van der Waals surface area contributed by atoms with Gasteiger partial charge in [-0.15, -0.1) is 11.3 Å². The van der Waals surface area contributed by atoms with Gasteiger partial charge < -0.3 is 9.64 Å². The Morgan fingerprint density at radius 2 is 1.97 bits per heavy atom. The number of hydrogen-bond donors (Lipinski definition) is 1. The van der Waals surface area contributed by atoms with Crippen LogP contribution < -0.4 is 15.0 Å². The zero-order chi connectivity index (χ0) is 22.0. The summed E-state index contributed by atoms with van der Waals surface area (Å²) in [6.45, 7) is 6.81. The highest BCUT2D eigenvalue weighted by molar-refractivity contribution is 7.14. The molecule has 0 aliphatic carbocycles. The quantitative estimate of drug-likeness (QED) is 0.599. The fourth-order valence-electron chi connectivity index (χ4n) is 4.00. The lowest BCUT2D eigenvalue weighted by Gasteiger charge is -2.16. The van der Waals surface area contributed by atoms with Crippen molar-refractivity contribution >= 4 is 34.0 Å². The third kappa shape index (κ3) is 4.77. The number of hydrogen-bond acceptors (Lipinski definition) is 5. The van der Waals surface area contributed by atoms with E-state index in [-0.39, 0.29) is 18.4 Å². The molecular weight excluding hydrogens is 410 g/mol. The fourth-order valence-corrected chi connectivity index (χ4v) is 4.71. The maximum atomic E-state index is 12.4. The van der Waals surface area contributed by atoms with Crippen LogP contribution in [0.25, 0.3) is 11.3 Å². The molecule has 3 aromatic rings. The van der Waals surface area contributed by atoms with Crippen molar-refractivity contribution in [1.82, 2.24) is 4.98 Å². The van der Waals surface area contributed by atoms with Crippen LogP contribution in [0.2, 0.25) is 0 Å². The highest BCUT2D eigenvalue weighted by Crippen LogP contribution is 2.31. The van der Waals surface area contributed by atoms with E-state index >= 15 is 0 Å². The van der Waals surface area contributed by atoms with Crippen LogP contribution in [0.1, 0.15) is 29.5 Å². The minimum atomic E-state index is -0.277. The Hall–Kier alpha value is -3.19. The molecule has 0 bridgehead atoms. The normalized spacial score (nSPS) is 13.5. The van der Waals surface area contributed by atoms with Crippen LogP contribution in [0, 0.1) is 20.8 Å². The summed E-state index contributed by atoms with van der Waals surface area (Å²) < 4.78 is 5.65. The number of carbonyl (C=O) groups is 2. The number of thiazole rings is 1. The molecule has 1 saturated heterocycles. The molecule has 7 heteroatoms. The van der Waals surface area contributed by atoms with Crippen molar-refractivity contribution in [2.45, 2.75) is 33.6 Å². The van der Waals surface area contributed by atoms with Gasteiger partial charge in [-0.3, -0.25) is 14.9 Å². The molecule has 4 rings (SSSR count). The van der Waals surface area contributed by atoms with Gasteiger partial charge in [0, 0.05) is 35.7 Å². The van der Waals surface area contributed by atoms with Gasteiger partial charge >= 0.3 is 0 Å². The summed E-state index contributed by atoms with van der Waals surface area (Å²) in [5, 5.41) is 5.31. The average molecular weight is 436 g/mol. The highest BCUT2D eigenvalue weighted by atomic mass is 32.1. The van der Waals surface area contributed by atoms with Gasteiger partial charge in [-0.1, -0.05) is 23.8 Å². The lowest BCUT2D eigenvalue weighted by Crippen LogP contribution is -2.24. The fraction of sp³-hybridized carbons (Fsp3) is 0.292. The number of rotatable bonds is 6. The Bertz CT molecular complexity index is 1120. The molecular formula is C24H25N3O3S. The van der Waals surface area contributed by atoms with Gasteiger partial charge in [-0.25, -0.2) is 4.98 Å². The van der Waals surface area contributed by atoms with Gasteiger partial charge in [0.15, 0.2) is 11.7 Å². The average Bonchev–Trinajstić information content (AvgIpc) is 3.35. The van der Waals surface area contributed by atoms with Crippen molar-refractivity contribution in [2.24, 2.45) is 0 Å². The van der Waals surface area contributed by atoms with Crippen LogP contribution in [0.5, 0.6) is 5.75 Å². The maximum Gasteiger partial charge on any atom is 0.264 e. The smallest absolute Gasteiger partial charge is 0.264 e. The first kappa shape index (κ1) is 21.1. The molecule has 31 heavy (non-hydrogen) atoms. The van der Waals surface area contributed by atoms with E-state index in [0.717, 1.165) is 29.9 Å². The van der Waals surface area contributed by atoms with Gasteiger partial charge in [-0.2, -0.15) is 0 Å². The molecule has 0 atom stereocenters. The van der Waals surface area contributed by atoms with E-state index in [0.29, 0.717) is 17.3 Å². The van der Waals surface area contributed by atoms with Crippen LogP contribution in [0.3, 0.4) is 0 Å². The minimum Gasteiger partial charge on any atom is -0.484 e. The molecule has 0 saturated carbocycles. The van der Waals surface area contributed by atoms with Gasteiger partial charge in [-0.05, 0) is 50.5 Å². The van der Waals surface area contributed by atoms with Crippen molar-refractivity contribution in [3.63, 3.8) is 0 Å². The molecule has 2 heterocycles. The van der Waals surface area contributed by atoms with Gasteiger partial charge in [0.2, 0.25) is 5.91 Å². The van der Waals surface area contributed by atoms with E-state index in [1.54, 1.807) is 17.0 Å². The number of aryl methyl sites for hydroxylation is 3. The van der Waals surface area contributed by atoms with Crippen LogP contribution in [0.4, 0.5) is 10.8 Å². The van der Waals surface area contributed by atoms with Crippen LogP contribution >= 0.6 is 11.3 Å². The van der Waals surface area contributed by atoms with E-state index in [1.807, 2.05) is 17.5 Å². The molecule has 1 aromatic heterocycles. The topological polar surface area (TPSA) is 71.5 Å². The van der Waals surface area contributed by atoms with E-state index in [2.05, 4.69) is 43.2 Å². The molecule has 1 N–H and O–H groups in total. The second-order valence-corrected chi connectivity index (χ2v) is 8.65. The number of carbonyl (C=O) groups excluding carboxylic acids is 2. The Balaban J connectivity index is 1.38. The molecule has 2 amide bonds. The van der Waals surface area contributed by atoms with Gasteiger partial charge in [0.25, 0.3) is 5.91 Å². The van der Waals surface area contributed by atoms with Crippen LogP contribution in [-0.2, 0) is 9.59 Å². The third-order valence-corrected chi connectivity index (χ3v) is 6.01. The number of nitrogens with zero attached hydrogens (tertiary/aromatic N) is 2. The van der Waals surface area contributed by atoms with Gasteiger partial charge in [0.1, 0.15) is 5.75 Å². The Kier molecular flexibility index (Phi) is 6.04. The predicted molar refractivity (Wildman–Crippen MR) is 124 cm³/mol. The number of ether oxygens (including phenoxy) is 1. The first-order chi connectivity index (χ1) is 14.9. The van der Waals surface area contributed by atoms with Crippen molar-refractivity contribution in [1.29, 1.82) is 0 Å². The number of aromatic nitrogens is 1. The molecule has 0 unspecified atom stereocenters. The Labute approximate surface area is 185 Å². The number of amides is 2.